The Hall–Kier alpha value is -0.830. The second-order valence-electron chi connectivity index (χ2n) is 6.78. The van der Waals surface area contributed by atoms with Crippen LogP contribution in [0.1, 0.15) is 77.1 Å². The van der Waals surface area contributed by atoms with Crippen molar-refractivity contribution in [2.45, 2.75) is 90.7 Å². The lowest BCUT2D eigenvalue weighted by atomic mass is 9.88. The Bertz CT molecular complexity index is 440. The van der Waals surface area contributed by atoms with Gasteiger partial charge in [-0.1, -0.05) is 39.5 Å². The quantitative estimate of drug-likeness (QED) is 0.801. The molecule has 1 N–H and O–H groups in total. The highest BCUT2D eigenvalue weighted by Crippen LogP contribution is 2.34. The predicted octanol–water partition coefficient (Wildman–Crippen LogP) is 4.12. The molecule has 0 radical (unpaired) electrons. The molecule has 3 nitrogen and oxygen atoms in total. The van der Waals surface area contributed by atoms with Gasteiger partial charge in [-0.3, -0.25) is 4.68 Å². The molecule has 2 rings (SSSR count). The van der Waals surface area contributed by atoms with Gasteiger partial charge in [-0.05, 0) is 44.6 Å². The Morgan fingerprint density at radius 2 is 2.10 bits per heavy atom. The second kappa shape index (κ2) is 7.44. The van der Waals surface area contributed by atoms with E-state index in [4.69, 9.17) is 0 Å². The molecule has 3 heteroatoms. The van der Waals surface area contributed by atoms with E-state index in [2.05, 4.69) is 36.6 Å². The molecule has 0 saturated heterocycles. The molecule has 0 bridgehead atoms. The van der Waals surface area contributed by atoms with Crippen LogP contribution in [0.25, 0.3) is 0 Å². The number of nitrogens with zero attached hydrogens (tertiary/aromatic N) is 2. The monoisotopic (exact) mass is 292 g/mol. The molecule has 0 spiro atoms. The molecule has 0 aliphatic heterocycles. The lowest BCUT2D eigenvalue weighted by molar-refractivity contribution is 0.0222. The molecule has 1 heterocycles. The average Bonchev–Trinajstić information content (AvgIpc) is 2.77. The first-order valence-electron chi connectivity index (χ1n) is 8.88. The van der Waals surface area contributed by atoms with Crippen molar-refractivity contribution in [2.75, 3.05) is 0 Å². The highest BCUT2D eigenvalue weighted by atomic mass is 16.3. The minimum atomic E-state index is -0.513. The first kappa shape index (κ1) is 16.5. The predicted molar refractivity (Wildman–Crippen MR) is 87.4 cm³/mol. The van der Waals surface area contributed by atoms with Gasteiger partial charge in [0.1, 0.15) is 0 Å². The summed E-state index contributed by atoms with van der Waals surface area (Å²) in [7, 11) is 0. The van der Waals surface area contributed by atoms with Crippen molar-refractivity contribution < 1.29 is 5.11 Å². The molecule has 2 unspecified atom stereocenters. The molecule has 21 heavy (non-hydrogen) atoms. The molecule has 0 amide bonds. The summed E-state index contributed by atoms with van der Waals surface area (Å²) in [5.74, 6) is 0.825. The van der Waals surface area contributed by atoms with Gasteiger partial charge in [0, 0.05) is 18.7 Å². The van der Waals surface area contributed by atoms with E-state index in [9.17, 15) is 5.11 Å². The number of hydrogen-bond acceptors (Lipinski definition) is 2. The van der Waals surface area contributed by atoms with Gasteiger partial charge in [-0.2, -0.15) is 5.10 Å². The van der Waals surface area contributed by atoms with E-state index < -0.39 is 5.60 Å². The number of rotatable bonds is 6. The van der Waals surface area contributed by atoms with Crippen molar-refractivity contribution in [1.29, 1.82) is 0 Å². The molecule has 120 valence electrons. The molecule has 1 fully saturated rings. The summed E-state index contributed by atoms with van der Waals surface area (Å²) in [6, 6.07) is 2.19. The maximum Gasteiger partial charge on any atom is 0.0703 e. The lowest BCUT2D eigenvalue weighted by Gasteiger charge is -2.27. The minimum absolute atomic E-state index is 0.513. The fourth-order valence-corrected chi connectivity index (χ4v) is 3.78. The van der Waals surface area contributed by atoms with Gasteiger partial charge in [0.05, 0.1) is 11.3 Å². The average molecular weight is 292 g/mol. The zero-order valence-corrected chi connectivity index (χ0v) is 14.1. The van der Waals surface area contributed by atoms with Gasteiger partial charge in [-0.25, -0.2) is 0 Å². The van der Waals surface area contributed by atoms with Crippen LogP contribution < -0.4 is 0 Å². The van der Waals surface area contributed by atoms with E-state index in [1.54, 1.807) is 0 Å². The van der Waals surface area contributed by atoms with Crippen molar-refractivity contribution >= 4 is 0 Å². The molecule has 1 saturated carbocycles. The number of aromatic nitrogens is 2. The minimum Gasteiger partial charge on any atom is -0.389 e. The molecule has 2 atom stereocenters. The number of aryl methyl sites for hydroxylation is 2. The summed E-state index contributed by atoms with van der Waals surface area (Å²) in [5, 5.41) is 15.7. The lowest BCUT2D eigenvalue weighted by Crippen LogP contribution is -2.31. The summed E-state index contributed by atoms with van der Waals surface area (Å²) >= 11 is 0. The molecular formula is C18H32N2O. The van der Waals surface area contributed by atoms with Crippen LogP contribution in [0.4, 0.5) is 0 Å². The van der Waals surface area contributed by atoms with Gasteiger partial charge in [0.25, 0.3) is 0 Å². The molecule has 1 aliphatic carbocycles. The first-order valence-corrected chi connectivity index (χ1v) is 8.88. The topological polar surface area (TPSA) is 38.1 Å². The Balaban J connectivity index is 2.05. The third-order valence-electron chi connectivity index (χ3n) is 5.06. The van der Waals surface area contributed by atoms with Gasteiger partial charge >= 0.3 is 0 Å². The Morgan fingerprint density at radius 1 is 1.29 bits per heavy atom. The summed E-state index contributed by atoms with van der Waals surface area (Å²) in [6.07, 6.45) is 9.88. The third kappa shape index (κ3) is 4.32. The molecular weight excluding hydrogens is 260 g/mol. The maximum atomic E-state index is 11.1. The standard InChI is InChI=1S/C18H32N2O/c1-4-8-15-9-7-11-18(21,12-10-15)14-17-13-16(5-2)19-20(17)6-3/h13,15,21H,4-12,14H2,1-3H3. The smallest absolute Gasteiger partial charge is 0.0703 e. The summed E-state index contributed by atoms with van der Waals surface area (Å²) in [5.41, 5.74) is 1.85. The summed E-state index contributed by atoms with van der Waals surface area (Å²) < 4.78 is 2.07. The third-order valence-corrected chi connectivity index (χ3v) is 5.06. The number of hydrogen-bond donors (Lipinski definition) is 1. The summed E-state index contributed by atoms with van der Waals surface area (Å²) in [6.45, 7) is 7.43. The maximum absolute atomic E-state index is 11.1. The van der Waals surface area contributed by atoms with Gasteiger partial charge in [0.15, 0.2) is 0 Å². The van der Waals surface area contributed by atoms with Crippen LogP contribution >= 0.6 is 0 Å². The van der Waals surface area contributed by atoms with Crippen molar-refractivity contribution in [3.8, 4) is 0 Å². The highest BCUT2D eigenvalue weighted by molar-refractivity contribution is 5.13. The van der Waals surface area contributed by atoms with Crippen LogP contribution in [0.5, 0.6) is 0 Å². The van der Waals surface area contributed by atoms with E-state index in [0.29, 0.717) is 0 Å². The first-order chi connectivity index (χ1) is 10.1. The Labute approximate surface area is 129 Å². The van der Waals surface area contributed by atoms with Crippen LogP contribution in [-0.2, 0) is 19.4 Å². The van der Waals surface area contributed by atoms with Crippen LogP contribution in [-0.4, -0.2) is 20.5 Å². The number of aliphatic hydroxyl groups is 1. The van der Waals surface area contributed by atoms with E-state index in [1.165, 1.54) is 37.8 Å². The fraction of sp³-hybridized carbons (Fsp3) is 0.833. The van der Waals surface area contributed by atoms with Gasteiger partial charge in [-0.15, -0.1) is 0 Å². The van der Waals surface area contributed by atoms with Crippen molar-refractivity contribution in [1.82, 2.24) is 9.78 Å². The zero-order chi connectivity index (χ0) is 15.3. The van der Waals surface area contributed by atoms with Crippen LogP contribution in [0.3, 0.4) is 0 Å². The van der Waals surface area contributed by atoms with Crippen molar-refractivity contribution in [3.05, 3.63) is 17.5 Å². The molecule has 1 aromatic rings. The van der Waals surface area contributed by atoms with Crippen LogP contribution in [0.15, 0.2) is 6.07 Å². The fourth-order valence-electron chi connectivity index (χ4n) is 3.78. The van der Waals surface area contributed by atoms with Gasteiger partial charge < -0.3 is 5.11 Å². The molecule has 1 aromatic heterocycles. The Morgan fingerprint density at radius 3 is 2.76 bits per heavy atom. The van der Waals surface area contributed by atoms with E-state index in [1.807, 2.05) is 0 Å². The summed E-state index contributed by atoms with van der Waals surface area (Å²) in [4.78, 5) is 0. The van der Waals surface area contributed by atoms with Crippen LogP contribution in [0.2, 0.25) is 0 Å². The normalized spacial score (nSPS) is 26.8. The zero-order valence-electron chi connectivity index (χ0n) is 14.1. The van der Waals surface area contributed by atoms with E-state index in [0.717, 1.165) is 43.8 Å². The van der Waals surface area contributed by atoms with Crippen molar-refractivity contribution in [3.63, 3.8) is 0 Å². The largest absolute Gasteiger partial charge is 0.389 e. The van der Waals surface area contributed by atoms with Gasteiger partial charge in [0.2, 0.25) is 0 Å². The van der Waals surface area contributed by atoms with Crippen molar-refractivity contribution in [2.24, 2.45) is 5.92 Å². The highest BCUT2D eigenvalue weighted by Gasteiger charge is 2.32. The molecule has 0 aromatic carbocycles. The van der Waals surface area contributed by atoms with E-state index in [-0.39, 0.29) is 0 Å². The van der Waals surface area contributed by atoms with Crippen LogP contribution in [0, 0.1) is 5.92 Å². The Kier molecular flexibility index (Phi) is 5.86. The molecule has 1 aliphatic rings. The second-order valence-corrected chi connectivity index (χ2v) is 6.78. The van der Waals surface area contributed by atoms with E-state index >= 15 is 0 Å². The SMILES string of the molecule is CCCC1CCCC(O)(Cc2cc(CC)nn2CC)CC1.